The van der Waals surface area contributed by atoms with Crippen molar-refractivity contribution in [1.82, 2.24) is 14.7 Å². The van der Waals surface area contributed by atoms with Crippen molar-refractivity contribution in [2.45, 2.75) is 271 Å². The SMILES string of the molecule is CCCCCCCCC(CCCCCC)COC(=O)CCCCCN(CCCCCC(=O)OCC(CCCCCC)CCCCCCCC)CCN(CCCCN(C)C)C1CCC1. The Labute approximate surface area is 394 Å². The molecule has 1 aliphatic rings. The van der Waals surface area contributed by atoms with Crippen LogP contribution in [0.1, 0.15) is 265 Å². The first kappa shape index (κ1) is 59.8. The van der Waals surface area contributed by atoms with E-state index in [2.05, 4.69) is 56.5 Å². The van der Waals surface area contributed by atoms with Crippen molar-refractivity contribution in [1.29, 1.82) is 0 Å². The molecular formula is C56H111N3O4. The van der Waals surface area contributed by atoms with Crippen LogP contribution in [0, 0.1) is 11.8 Å². The number of carbonyl (C=O) groups excluding carboxylic acids is 2. The fraction of sp³-hybridized carbons (Fsp3) is 0.964. The normalized spacial score (nSPS) is 14.2. The molecule has 63 heavy (non-hydrogen) atoms. The zero-order valence-electron chi connectivity index (χ0n) is 43.5. The van der Waals surface area contributed by atoms with Crippen LogP contribution in [0.5, 0.6) is 0 Å². The van der Waals surface area contributed by atoms with Gasteiger partial charge in [0.1, 0.15) is 0 Å². The highest BCUT2D eigenvalue weighted by molar-refractivity contribution is 5.69. The third-order valence-corrected chi connectivity index (χ3v) is 14.1. The Balaban J connectivity index is 2.58. The van der Waals surface area contributed by atoms with E-state index in [0.29, 0.717) is 37.9 Å². The van der Waals surface area contributed by atoms with Crippen LogP contribution in [0.25, 0.3) is 0 Å². The second-order valence-corrected chi connectivity index (χ2v) is 20.5. The van der Waals surface area contributed by atoms with Crippen molar-refractivity contribution >= 4 is 11.9 Å². The van der Waals surface area contributed by atoms with E-state index in [1.807, 2.05) is 0 Å². The fourth-order valence-electron chi connectivity index (χ4n) is 9.47. The predicted octanol–water partition coefficient (Wildman–Crippen LogP) is 15.4. The van der Waals surface area contributed by atoms with Crippen molar-refractivity contribution in [3.05, 3.63) is 0 Å². The lowest BCUT2D eigenvalue weighted by Crippen LogP contribution is -2.45. The van der Waals surface area contributed by atoms with Crippen LogP contribution in [0.4, 0.5) is 0 Å². The Hall–Kier alpha value is -1.18. The smallest absolute Gasteiger partial charge is 0.305 e. The van der Waals surface area contributed by atoms with Gasteiger partial charge in [0.2, 0.25) is 0 Å². The largest absolute Gasteiger partial charge is 0.465 e. The van der Waals surface area contributed by atoms with Gasteiger partial charge in [-0.3, -0.25) is 14.5 Å². The summed E-state index contributed by atoms with van der Waals surface area (Å²) in [7, 11) is 4.36. The Morgan fingerprint density at radius 3 is 1.19 bits per heavy atom. The quantitative estimate of drug-likeness (QED) is 0.0445. The van der Waals surface area contributed by atoms with E-state index < -0.39 is 0 Å². The number of carbonyl (C=O) groups is 2. The van der Waals surface area contributed by atoms with Crippen LogP contribution in [0.2, 0.25) is 0 Å². The number of hydrogen-bond donors (Lipinski definition) is 0. The first-order chi connectivity index (χ1) is 30.8. The van der Waals surface area contributed by atoms with Gasteiger partial charge in [0.25, 0.3) is 0 Å². The highest BCUT2D eigenvalue weighted by Gasteiger charge is 2.25. The summed E-state index contributed by atoms with van der Waals surface area (Å²) >= 11 is 0. The number of ether oxygens (including phenoxy) is 2. The van der Waals surface area contributed by atoms with E-state index in [9.17, 15) is 9.59 Å². The molecule has 0 heterocycles. The molecule has 1 rings (SSSR count). The summed E-state index contributed by atoms with van der Waals surface area (Å²) in [6.07, 6.45) is 45.0. The van der Waals surface area contributed by atoms with Crippen molar-refractivity contribution in [3.63, 3.8) is 0 Å². The van der Waals surface area contributed by atoms with Crippen LogP contribution in [-0.4, -0.2) is 99.3 Å². The van der Waals surface area contributed by atoms with E-state index in [1.165, 1.54) is 199 Å². The summed E-state index contributed by atoms with van der Waals surface area (Å²) in [4.78, 5) is 33.6. The maximum absolute atomic E-state index is 12.9. The summed E-state index contributed by atoms with van der Waals surface area (Å²) in [5, 5.41) is 0. The minimum Gasteiger partial charge on any atom is -0.465 e. The zero-order valence-corrected chi connectivity index (χ0v) is 43.5. The second-order valence-electron chi connectivity index (χ2n) is 20.5. The molecule has 0 bridgehead atoms. The minimum atomic E-state index is 0.0117. The number of rotatable bonds is 49. The van der Waals surface area contributed by atoms with Crippen LogP contribution < -0.4 is 0 Å². The summed E-state index contributed by atoms with van der Waals surface area (Å²) in [6.45, 7) is 17.2. The standard InChI is InChI=1S/C56H111N3O4/c1-7-11-15-19-21-27-38-52(36-25-17-13-9-3)50-62-55(60)42-29-23-31-45-58(48-49-59(54-40-35-41-54)47-34-33-44-57(5)6)46-32-24-30-43-56(61)63-51-53(37-26-18-14-10-4)39-28-22-20-16-12-8-2/h52-54H,7-51H2,1-6H3. The van der Waals surface area contributed by atoms with Gasteiger partial charge in [0, 0.05) is 32.0 Å². The molecule has 0 aliphatic heterocycles. The zero-order chi connectivity index (χ0) is 45.9. The first-order valence-electron chi connectivity index (χ1n) is 28.2. The van der Waals surface area contributed by atoms with Gasteiger partial charge in [-0.1, -0.05) is 175 Å². The van der Waals surface area contributed by atoms with Gasteiger partial charge in [0.15, 0.2) is 0 Å². The molecule has 1 saturated carbocycles. The monoisotopic (exact) mass is 890 g/mol. The second kappa shape index (κ2) is 44.6. The molecule has 0 radical (unpaired) electrons. The van der Waals surface area contributed by atoms with E-state index >= 15 is 0 Å². The highest BCUT2D eigenvalue weighted by Crippen LogP contribution is 2.26. The van der Waals surface area contributed by atoms with Crippen molar-refractivity contribution < 1.29 is 19.1 Å². The van der Waals surface area contributed by atoms with E-state index in [0.717, 1.165) is 70.7 Å². The van der Waals surface area contributed by atoms with Crippen LogP contribution in [0.15, 0.2) is 0 Å². The number of hydrogen-bond acceptors (Lipinski definition) is 7. The molecule has 2 atom stereocenters. The van der Waals surface area contributed by atoms with Crippen molar-refractivity contribution in [2.24, 2.45) is 11.8 Å². The van der Waals surface area contributed by atoms with Gasteiger partial charge in [-0.15, -0.1) is 0 Å². The maximum atomic E-state index is 12.9. The molecule has 0 aromatic carbocycles. The number of unbranched alkanes of at least 4 members (excludes halogenated alkanes) is 21. The third kappa shape index (κ3) is 37.6. The number of nitrogens with zero attached hydrogens (tertiary/aromatic N) is 3. The van der Waals surface area contributed by atoms with E-state index in [1.54, 1.807) is 0 Å². The topological polar surface area (TPSA) is 62.3 Å². The Kier molecular flexibility index (Phi) is 42.4. The van der Waals surface area contributed by atoms with Gasteiger partial charge in [-0.05, 0) is 129 Å². The lowest BCUT2D eigenvalue weighted by Gasteiger charge is -2.39. The van der Waals surface area contributed by atoms with E-state index in [-0.39, 0.29) is 11.9 Å². The summed E-state index contributed by atoms with van der Waals surface area (Å²) < 4.78 is 11.8. The molecule has 0 saturated heterocycles. The summed E-state index contributed by atoms with van der Waals surface area (Å²) in [5.41, 5.74) is 0. The molecule has 2 unspecified atom stereocenters. The van der Waals surface area contributed by atoms with Crippen molar-refractivity contribution in [3.8, 4) is 0 Å². The third-order valence-electron chi connectivity index (χ3n) is 14.1. The molecule has 0 spiro atoms. The Bertz CT molecular complexity index is 932. The summed E-state index contributed by atoms with van der Waals surface area (Å²) in [6, 6.07) is 0.770. The maximum Gasteiger partial charge on any atom is 0.305 e. The summed E-state index contributed by atoms with van der Waals surface area (Å²) in [5.74, 6) is 1.08. The molecule has 7 heteroatoms. The van der Waals surface area contributed by atoms with Gasteiger partial charge in [-0.2, -0.15) is 0 Å². The molecule has 0 aromatic heterocycles. The molecular weight excluding hydrogens is 779 g/mol. The van der Waals surface area contributed by atoms with Gasteiger partial charge < -0.3 is 19.3 Å². The van der Waals surface area contributed by atoms with Crippen LogP contribution in [0.3, 0.4) is 0 Å². The van der Waals surface area contributed by atoms with Crippen LogP contribution in [-0.2, 0) is 19.1 Å². The average molecular weight is 891 g/mol. The Morgan fingerprint density at radius 2 is 0.794 bits per heavy atom. The van der Waals surface area contributed by atoms with Crippen LogP contribution >= 0.6 is 0 Å². The molecule has 0 amide bonds. The molecule has 7 nitrogen and oxygen atoms in total. The lowest BCUT2D eigenvalue weighted by molar-refractivity contribution is -0.146. The Morgan fingerprint density at radius 1 is 0.429 bits per heavy atom. The molecule has 0 N–H and O–H groups in total. The average Bonchev–Trinajstić information content (AvgIpc) is 3.25. The predicted molar refractivity (Wildman–Crippen MR) is 273 cm³/mol. The number of esters is 2. The first-order valence-corrected chi connectivity index (χ1v) is 28.2. The molecule has 1 fully saturated rings. The molecule has 0 aromatic rings. The highest BCUT2D eigenvalue weighted by atomic mass is 16.5. The fourth-order valence-corrected chi connectivity index (χ4v) is 9.47. The lowest BCUT2D eigenvalue weighted by atomic mass is 9.91. The minimum absolute atomic E-state index is 0.0117. The molecule has 374 valence electrons. The molecule has 1 aliphatic carbocycles. The van der Waals surface area contributed by atoms with Crippen molar-refractivity contribution in [2.75, 3.05) is 66.6 Å². The van der Waals surface area contributed by atoms with Gasteiger partial charge in [0.05, 0.1) is 13.2 Å². The van der Waals surface area contributed by atoms with Gasteiger partial charge in [-0.25, -0.2) is 0 Å². The van der Waals surface area contributed by atoms with Gasteiger partial charge >= 0.3 is 11.9 Å². The van der Waals surface area contributed by atoms with E-state index in [4.69, 9.17) is 9.47 Å².